The lowest BCUT2D eigenvalue weighted by Crippen LogP contribution is -2.24. The molecule has 0 radical (unpaired) electrons. The molecule has 0 amide bonds. The summed E-state index contributed by atoms with van der Waals surface area (Å²) in [5, 5.41) is 0.860. The normalized spacial score (nSPS) is 17.5. The van der Waals surface area contributed by atoms with Crippen molar-refractivity contribution in [2.24, 2.45) is 5.73 Å². The van der Waals surface area contributed by atoms with Crippen molar-refractivity contribution in [1.82, 2.24) is 0 Å². The maximum atomic E-state index is 6.29. The summed E-state index contributed by atoms with van der Waals surface area (Å²) in [5.41, 5.74) is 7.46. The quantitative estimate of drug-likeness (QED) is 0.845. The molecule has 0 aliphatic heterocycles. The zero-order valence-electron chi connectivity index (χ0n) is 9.55. The van der Waals surface area contributed by atoms with Gasteiger partial charge >= 0.3 is 0 Å². The molecule has 1 aromatic rings. The molecule has 2 rings (SSSR count). The van der Waals surface area contributed by atoms with Gasteiger partial charge in [0.15, 0.2) is 0 Å². The Balaban J connectivity index is 2.30. The first-order valence-electron chi connectivity index (χ1n) is 5.27. The van der Waals surface area contributed by atoms with Crippen LogP contribution in [-0.4, -0.2) is 18.1 Å². The Morgan fingerprint density at radius 2 is 2.00 bits per heavy atom. The maximum Gasteiger partial charge on any atom is 0.0555 e. The van der Waals surface area contributed by atoms with Crippen LogP contribution >= 0.6 is 35.1 Å². The van der Waals surface area contributed by atoms with Crippen LogP contribution < -0.4 is 5.73 Å². The Kier molecular flexibility index (Phi) is 3.79. The molecule has 0 spiro atoms. The third-order valence-electron chi connectivity index (χ3n) is 2.94. The fraction of sp³-hybridized carbons (Fsp3) is 0.500. The fourth-order valence-electron chi connectivity index (χ4n) is 1.82. The number of thioether (sulfide) groups is 2. The van der Waals surface area contributed by atoms with Crippen molar-refractivity contribution < 1.29 is 0 Å². The molecule has 1 aliphatic carbocycles. The second-order valence-electron chi connectivity index (χ2n) is 4.35. The molecule has 1 saturated carbocycles. The van der Waals surface area contributed by atoms with Crippen molar-refractivity contribution >= 4 is 35.1 Å². The molecule has 0 saturated heterocycles. The molecule has 0 aromatic heterocycles. The van der Waals surface area contributed by atoms with Crippen LogP contribution in [-0.2, 0) is 6.42 Å². The van der Waals surface area contributed by atoms with E-state index in [1.165, 1.54) is 15.4 Å². The predicted molar refractivity (Wildman–Crippen MR) is 74.9 cm³/mol. The molecule has 1 fully saturated rings. The number of rotatable bonds is 4. The molecular weight excluding hydrogens is 258 g/mol. The Morgan fingerprint density at radius 1 is 1.31 bits per heavy atom. The summed E-state index contributed by atoms with van der Waals surface area (Å²) in [4.78, 5) is 2.44. The van der Waals surface area contributed by atoms with E-state index in [9.17, 15) is 0 Å². The number of hydrogen-bond donors (Lipinski definition) is 1. The first-order chi connectivity index (χ1) is 7.58. The molecule has 16 heavy (non-hydrogen) atoms. The van der Waals surface area contributed by atoms with Gasteiger partial charge < -0.3 is 5.73 Å². The average molecular weight is 274 g/mol. The highest BCUT2D eigenvalue weighted by Gasteiger charge is 2.38. The largest absolute Gasteiger partial charge is 0.325 e. The fourth-order valence-corrected chi connectivity index (χ4v) is 3.93. The summed E-state index contributed by atoms with van der Waals surface area (Å²) in [6.45, 7) is 0. The van der Waals surface area contributed by atoms with E-state index < -0.39 is 0 Å². The Morgan fingerprint density at radius 3 is 2.50 bits per heavy atom. The van der Waals surface area contributed by atoms with Crippen molar-refractivity contribution in [3.63, 3.8) is 0 Å². The lowest BCUT2D eigenvalue weighted by Gasteiger charge is -2.13. The van der Waals surface area contributed by atoms with Crippen LogP contribution in [0.5, 0.6) is 0 Å². The molecule has 1 aliphatic rings. The van der Waals surface area contributed by atoms with Crippen LogP contribution in [0.4, 0.5) is 0 Å². The van der Waals surface area contributed by atoms with Gasteiger partial charge in [-0.1, -0.05) is 11.6 Å². The van der Waals surface area contributed by atoms with E-state index in [2.05, 4.69) is 24.6 Å². The smallest absolute Gasteiger partial charge is 0.0555 e. The average Bonchev–Trinajstić information content (AvgIpc) is 2.95. The Labute approximate surface area is 111 Å². The van der Waals surface area contributed by atoms with Crippen molar-refractivity contribution in [3.8, 4) is 0 Å². The van der Waals surface area contributed by atoms with Crippen LogP contribution in [0, 0.1) is 0 Å². The van der Waals surface area contributed by atoms with Crippen LogP contribution in [0.1, 0.15) is 18.4 Å². The minimum Gasteiger partial charge on any atom is -0.325 e. The molecule has 1 aromatic carbocycles. The highest BCUT2D eigenvalue weighted by atomic mass is 35.5. The molecule has 1 nitrogen and oxygen atoms in total. The molecule has 0 atom stereocenters. The summed E-state index contributed by atoms with van der Waals surface area (Å²) in [7, 11) is 0. The van der Waals surface area contributed by atoms with Crippen LogP contribution in [0.15, 0.2) is 21.9 Å². The van der Waals surface area contributed by atoms with Gasteiger partial charge in [-0.3, -0.25) is 0 Å². The minimum atomic E-state index is 0.0554. The van der Waals surface area contributed by atoms with Crippen LogP contribution in [0.25, 0.3) is 0 Å². The topological polar surface area (TPSA) is 26.0 Å². The standard InChI is InChI=1S/C12H16ClNS2/c1-15-10-6-8(7-12(14)3-4-12)5-9(13)11(10)16-2/h5-6H,3-4,7,14H2,1-2H3. The lowest BCUT2D eigenvalue weighted by atomic mass is 10.1. The molecule has 88 valence electrons. The number of nitrogens with two attached hydrogens (primary N) is 1. The third kappa shape index (κ3) is 2.70. The van der Waals surface area contributed by atoms with Gasteiger partial charge in [-0.15, -0.1) is 23.5 Å². The first kappa shape index (κ1) is 12.6. The SMILES string of the molecule is CSc1cc(CC2(N)CC2)cc(Cl)c1SC. The summed E-state index contributed by atoms with van der Waals surface area (Å²) in [5.74, 6) is 0. The molecule has 2 N–H and O–H groups in total. The van der Waals surface area contributed by atoms with Gasteiger partial charge in [-0.25, -0.2) is 0 Å². The van der Waals surface area contributed by atoms with Crippen molar-refractivity contribution in [1.29, 1.82) is 0 Å². The first-order valence-corrected chi connectivity index (χ1v) is 8.10. The highest BCUT2D eigenvalue weighted by Crippen LogP contribution is 2.40. The number of benzene rings is 1. The van der Waals surface area contributed by atoms with E-state index in [4.69, 9.17) is 17.3 Å². The molecule has 4 heteroatoms. The zero-order chi connectivity index (χ0) is 11.8. The second-order valence-corrected chi connectivity index (χ2v) is 6.42. The van der Waals surface area contributed by atoms with Crippen molar-refractivity contribution in [2.45, 2.75) is 34.6 Å². The van der Waals surface area contributed by atoms with E-state index in [-0.39, 0.29) is 5.54 Å². The van der Waals surface area contributed by atoms with Crippen LogP contribution in [0.2, 0.25) is 5.02 Å². The molecule has 0 unspecified atom stereocenters. The third-order valence-corrected chi connectivity index (χ3v) is 5.09. The lowest BCUT2D eigenvalue weighted by molar-refractivity contribution is 0.670. The zero-order valence-corrected chi connectivity index (χ0v) is 11.9. The van der Waals surface area contributed by atoms with Gasteiger partial charge in [-0.05, 0) is 49.5 Å². The molecular formula is C12H16ClNS2. The van der Waals surface area contributed by atoms with Gasteiger partial charge in [0, 0.05) is 15.3 Å². The minimum absolute atomic E-state index is 0.0554. The summed E-state index contributed by atoms with van der Waals surface area (Å²) < 4.78 is 0. The molecule has 0 bridgehead atoms. The Bertz CT molecular complexity index is 402. The van der Waals surface area contributed by atoms with E-state index in [0.29, 0.717) is 0 Å². The monoisotopic (exact) mass is 273 g/mol. The van der Waals surface area contributed by atoms with Gasteiger partial charge in [0.2, 0.25) is 0 Å². The number of hydrogen-bond acceptors (Lipinski definition) is 3. The Hall–Kier alpha value is 0.170. The van der Waals surface area contributed by atoms with E-state index >= 15 is 0 Å². The van der Waals surface area contributed by atoms with Crippen LogP contribution in [0.3, 0.4) is 0 Å². The summed E-state index contributed by atoms with van der Waals surface area (Å²) in [6, 6.07) is 4.30. The second kappa shape index (κ2) is 4.81. The van der Waals surface area contributed by atoms with Crippen molar-refractivity contribution in [3.05, 3.63) is 22.7 Å². The highest BCUT2D eigenvalue weighted by molar-refractivity contribution is 8.01. The predicted octanol–water partition coefficient (Wildman–Crippen LogP) is 3.82. The van der Waals surface area contributed by atoms with E-state index in [0.717, 1.165) is 24.3 Å². The maximum absolute atomic E-state index is 6.29. The molecule has 0 heterocycles. The van der Waals surface area contributed by atoms with Crippen molar-refractivity contribution in [2.75, 3.05) is 12.5 Å². The summed E-state index contributed by atoms with van der Waals surface area (Å²) >= 11 is 9.74. The van der Waals surface area contributed by atoms with E-state index in [1.807, 2.05) is 0 Å². The summed E-state index contributed by atoms with van der Waals surface area (Å²) in [6.07, 6.45) is 7.39. The van der Waals surface area contributed by atoms with Gasteiger partial charge in [0.05, 0.1) is 5.02 Å². The van der Waals surface area contributed by atoms with Gasteiger partial charge in [0.1, 0.15) is 0 Å². The van der Waals surface area contributed by atoms with Gasteiger partial charge in [0.25, 0.3) is 0 Å². The number of halogens is 1. The van der Waals surface area contributed by atoms with E-state index in [1.54, 1.807) is 23.5 Å². The van der Waals surface area contributed by atoms with Gasteiger partial charge in [-0.2, -0.15) is 0 Å².